The number of ether oxygens (including phenoxy) is 2. The highest BCUT2D eigenvalue weighted by molar-refractivity contribution is 8.25. The van der Waals surface area contributed by atoms with Gasteiger partial charge in [-0.05, 0) is 49.9 Å². The maximum Gasteiger partial charge on any atom is 0.178 e. The lowest BCUT2D eigenvalue weighted by molar-refractivity contribution is 0.367. The van der Waals surface area contributed by atoms with E-state index in [4.69, 9.17) is 21.3 Å². The van der Waals surface area contributed by atoms with Crippen molar-refractivity contribution in [2.75, 3.05) is 0 Å². The van der Waals surface area contributed by atoms with Gasteiger partial charge in [0.05, 0.1) is 0 Å². The molecule has 0 amide bonds. The first kappa shape index (κ1) is 25.1. The zero-order chi connectivity index (χ0) is 28.1. The van der Waals surface area contributed by atoms with E-state index in [1.54, 1.807) is 0 Å². The van der Waals surface area contributed by atoms with Gasteiger partial charge in [0.15, 0.2) is 23.0 Å². The van der Waals surface area contributed by atoms with E-state index in [0.29, 0.717) is 5.75 Å². The van der Waals surface area contributed by atoms with E-state index in [-0.39, 0.29) is 0 Å². The molecule has 0 radical (unpaired) electrons. The number of fused-ring (bicyclic) bond motifs is 6. The molecule has 0 aromatic heterocycles. The summed E-state index contributed by atoms with van der Waals surface area (Å²) in [5.41, 5.74) is 2.20. The monoisotopic (exact) mass is 576 g/mol. The normalized spacial score (nSPS) is 12.3. The van der Waals surface area contributed by atoms with Gasteiger partial charge in [-0.25, -0.2) is 0 Å². The van der Waals surface area contributed by atoms with Crippen molar-refractivity contribution in [1.82, 2.24) is 0 Å². The van der Waals surface area contributed by atoms with Gasteiger partial charge in [0, 0.05) is 16.8 Å². The van der Waals surface area contributed by atoms with E-state index in [1.807, 2.05) is 36.4 Å². The van der Waals surface area contributed by atoms with Crippen LogP contribution in [0.5, 0.6) is 23.0 Å². The Morgan fingerprint density at radius 1 is 0.429 bits per heavy atom. The first-order valence-corrected chi connectivity index (χ1v) is 16.8. The molecule has 0 saturated carbocycles. The highest BCUT2D eigenvalue weighted by Crippen LogP contribution is 2.53. The first-order chi connectivity index (χ1) is 20.7. The maximum atomic E-state index is 6.62. The lowest BCUT2D eigenvalue weighted by atomic mass is 9.96. The Labute approximate surface area is 249 Å². The fraction of sp³-hybridized carbons (Fsp3) is 0. The molecule has 0 unspecified atom stereocenters. The fourth-order valence-electron chi connectivity index (χ4n) is 5.95. The molecule has 1 heterocycles. The molecule has 1 aliphatic heterocycles. The molecule has 0 fully saturated rings. The van der Waals surface area contributed by atoms with Gasteiger partial charge in [-0.15, -0.1) is 0 Å². The highest BCUT2D eigenvalue weighted by atomic mass is 32.4. The summed E-state index contributed by atoms with van der Waals surface area (Å²) < 4.78 is 13.1. The Hall–Kier alpha value is -4.69. The third-order valence-electron chi connectivity index (χ3n) is 8.01. The molecule has 7 aromatic carbocycles. The number of hydrogen-bond donors (Lipinski definition) is 0. The average molecular weight is 577 g/mol. The zero-order valence-electron chi connectivity index (χ0n) is 22.6. The van der Waals surface area contributed by atoms with Gasteiger partial charge in [-0.1, -0.05) is 151 Å². The summed E-state index contributed by atoms with van der Waals surface area (Å²) in [6.07, 6.45) is 0. The molecule has 0 saturated heterocycles. The summed E-state index contributed by atoms with van der Waals surface area (Å²) in [6.45, 7) is 0. The molecule has 0 atom stereocenters. The van der Waals surface area contributed by atoms with Crippen LogP contribution in [0.15, 0.2) is 152 Å². The predicted octanol–water partition coefficient (Wildman–Crippen LogP) is 9.31. The first-order valence-electron chi connectivity index (χ1n) is 14.0. The van der Waals surface area contributed by atoms with Crippen molar-refractivity contribution in [2.45, 2.75) is 0 Å². The van der Waals surface area contributed by atoms with Crippen molar-refractivity contribution in [1.29, 1.82) is 0 Å². The quantitative estimate of drug-likeness (QED) is 0.195. The minimum absolute atomic E-state index is 0.717. The van der Waals surface area contributed by atoms with Crippen LogP contribution in [0.25, 0.3) is 32.7 Å². The topological polar surface area (TPSA) is 18.5 Å². The van der Waals surface area contributed by atoms with Gasteiger partial charge >= 0.3 is 0 Å². The Morgan fingerprint density at radius 3 is 1.67 bits per heavy atom. The predicted molar refractivity (Wildman–Crippen MR) is 180 cm³/mol. The minimum atomic E-state index is -2.22. The maximum absolute atomic E-state index is 6.62. The van der Waals surface area contributed by atoms with Crippen LogP contribution < -0.4 is 25.4 Å². The van der Waals surface area contributed by atoms with Crippen molar-refractivity contribution >= 4 is 55.3 Å². The van der Waals surface area contributed by atoms with Gasteiger partial charge in [0.2, 0.25) is 0 Å². The van der Waals surface area contributed by atoms with Crippen LogP contribution >= 0.6 is 6.04 Å². The van der Waals surface area contributed by atoms with Crippen molar-refractivity contribution in [2.24, 2.45) is 0 Å². The summed E-state index contributed by atoms with van der Waals surface area (Å²) in [5.74, 6) is 2.95. The highest BCUT2D eigenvalue weighted by Gasteiger charge is 2.27. The molecule has 4 heteroatoms. The fourth-order valence-corrected chi connectivity index (χ4v) is 9.69. The van der Waals surface area contributed by atoms with Crippen LogP contribution in [0.3, 0.4) is 0 Å². The second-order valence-corrected chi connectivity index (χ2v) is 14.9. The Bertz CT molecular complexity index is 2110. The molecule has 42 heavy (non-hydrogen) atoms. The second kappa shape index (κ2) is 9.99. The smallest absolute Gasteiger partial charge is 0.178 e. The van der Waals surface area contributed by atoms with Gasteiger partial charge in [0.1, 0.15) is 0 Å². The molecule has 0 spiro atoms. The van der Waals surface area contributed by atoms with Crippen LogP contribution in [0, 0.1) is 0 Å². The van der Waals surface area contributed by atoms with Crippen LogP contribution in [-0.4, -0.2) is 0 Å². The van der Waals surface area contributed by atoms with Crippen LogP contribution in [-0.2, 0) is 11.8 Å². The van der Waals surface area contributed by atoms with Crippen LogP contribution in [0.2, 0.25) is 0 Å². The van der Waals surface area contributed by atoms with Gasteiger partial charge in [-0.2, -0.15) is 0 Å². The van der Waals surface area contributed by atoms with Crippen molar-refractivity contribution < 1.29 is 9.47 Å². The Morgan fingerprint density at radius 2 is 0.976 bits per heavy atom. The zero-order valence-corrected chi connectivity index (χ0v) is 24.3. The summed E-state index contributed by atoms with van der Waals surface area (Å²) >= 11 is 6.56. The molecular formula is C38H25O2PS. The minimum Gasteiger partial charge on any atom is -0.449 e. The third kappa shape index (κ3) is 3.97. The molecule has 7 aromatic rings. The third-order valence-corrected chi connectivity index (χ3v) is 13.0. The number of rotatable bonds is 4. The lowest BCUT2D eigenvalue weighted by Gasteiger charge is -2.25. The van der Waals surface area contributed by atoms with Crippen molar-refractivity contribution in [3.05, 3.63) is 152 Å². The van der Waals surface area contributed by atoms with E-state index in [1.165, 1.54) is 15.9 Å². The Kier molecular flexibility index (Phi) is 5.96. The van der Waals surface area contributed by atoms with Gasteiger partial charge < -0.3 is 9.47 Å². The van der Waals surface area contributed by atoms with E-state index in [0.717, 1.165) is 49.9 Å². The summed E-state index contributed by atoms with van der Waals surface area (Å²) in [4.78, 5) is 0. The molecular weight excluding hydrogens is 551 g/mol. The average Bonchev–Trinajstić information content (AvgIpc) is 3.07. The second-order valence-electron chi connectivity index (χ2n) is 10.4. The summed E-state index contributed by atoms with van der Waals surface area (Å²) in [7, 11) is 0. The molecule has 200 valence electrons. The standard InChI is InChI=1S/C38H25O2PS/c42-41(28-12-3-1-4-13-28,29-14-5-2-6-15-29)30-22-19-27(20-23-30)34-25-36-38(33-18-10-9-17-32(33)34)40-37-31-16-8-7-11-26(31)21-24-35(37)39-36/h1-25H. The lowest BCUT2D eigenvalue weighted by Crippen LogP contribution is -2.24. The molecule has 0 bridgehead atoms. The molecule has 2 nitrogen and oxygen atoms in total. The largest absolute Gasteiger partial charge is 0.449 e. The molecule has 0 N–H and O–H groups in total. The van der Waals surface area contributed by atoms with E-state index < -0.39 is 6.04 Å². The van der Waals surface area contributed by atoms with Gasteiger partial charge in [-0.3, -0.25) is 0 Å². The van der Waals surface area contributed by atoms with E-state index in [2.05, 4.69) is 115 Å². The summed E-state index contributed by atoms with van der Waals surface area (Å²) in [6, 6.07) is 50.4. The number of benzene rings is 7. The van der Waals surface area contributed by atoms with Crippen LogP contribution in [0.1, 0.15) is 0 Å². The van der Waals surface area contributed by atoms with Crippen LogP contribution in [0.4, 0.5) is 0 Å². The molecule has 1 aliphatic rings. The SMILES string of the molecule is S=P(c1ccccc1)(c1ccccc1)c1ccc(-c2cc3c(c4ccccc24)Oc2c(ccc4ccccc24)O3)cc1. The van der Waals surface area contributed by atoms with E-state index in [9.17, 15) is 0 Å². The van der Waals surface area contributed by atoms with E-state index >= 15 is 0 Å². The van der Waals surface area contributed by atoms with Crippen molar-refractivity contribution in [3.8, 4) is 34.1 Å². The molecule has 0 aliphatic carbocycles. The van der Waals surface area contributed by atoms with Crippen molar-refractivity contribution in [3.63, 3.8) is 0 Å². The van der Waals surface area contributed by atoms with Gasteiger partial charge in [0.25, 0.3) is 0 Å². The molecule has 8 rings (SSSR count). The Balaban J connectivity index is 1.26. The number of hydrogen-bond acceptors (Lipinski definition) is 3. The summed E-state index contributed by atoms with van der Waals surface area (Å²) in [5, 5.41) is 7.84.